The molecule has 1 N–H and O–H groups in total. The number of hydrogen-bond acceptors (Lipinski definition) is 4. The Bertz CT molecular complexity index is 653. The molecule has 0 unspecified atom stereocenters. The van der Waals surface area contributed by atoms with Gasteiger partial charge >= 0.3 is 0 Å². The second-order valence-electron chi connectivity index (χ2n) is 8.18. The first kappa shape index (κ1) is 23.3. The van der Waals surface area contributed by atoms with Gasteiger partial charge in [0.15, 0.2) is 0 Å². The average Bonchev–Trinajstić information content (AvgIpc) is 3.12. The summed E-state index contributed by atoms with van der Waals surface area (Å²) in [4.78, 5) is 25.3. The highest BCUT2D eigenvalue weighted by Gasteiger charge is 2.43. The molecular formula is C22H33FN2O4. The van der Waals surface area contributed by atoms with Gasteiger partial charge in [0.1, 0.15) is 5.82 Å². The van der Waals surface area contributed by atoms with Crippen LogP contribution in [-0.2, 0) is 20.7 Å². The number of carboxylic acid groups (broad SMARTS) is 1. The molecule has 29 heavy (non-hydrogen) atoms. The van der Waals surface area contributed by atoms with Gasteiger partial charge in [0.25, 0.3) is 6.47 Å². The Kier molecular flexibility index (Phi) is 9.04. The molecule has 1 heterocycles. The lowest BCUT2D eigenvalue weighted by atomic mass is 9.77. The van der Waals surface area contributed by atoms with Crippen molar-refractivity contribution in [2.24, 2.45) is 11.8 Å². The van der Waals surface area contributed by atoms with Crippen molar-refractivity contribution in [3.63, 3.8) is 0 Å². The Morgan fingerprint density at radius 2 is 1.83 bits per heavy atom. The molecule has 2 fully saturated rings. The van der Waals surface area contributed by atoms with Gasteiger partial charge in [-0.05, 0) is 69.3 Å². The van der Waals surface area contributed by atoms with E-state index in [9.17, 15) is 9.18 Å². The van der Waals surface area contributed by atoms with Gasteiger partial charge < -0.3 is 19.6 Å². The Morgan fingerprint density at radius 1 is 1.24 bits per heavy atom. The highest BCUT2D eigenvalue weighted by atomic mass is 19.1. The molecule has 1 aromatic carbocycles. The van der Waals surface area contributed by atoms with Crippen molar-refractivity contribution >= 4 is 12.4 Å². The molecule has 162 valence electrons. The number of fused-ring (bicyclic) bond motifs is 1. The van der Waals surface area contributed by atoms with E-state index in [-0.39, 0.29) is 24.3 Å². The third-order valence-electron chi connectivity index (χ3n) is 6.17. The van der Waals surface area contributed by atoms with E-state index >= 15 is 0 Å². The molecule has 1 aromatic rings. The molecular weight excluding hydrogens is 375 g/mol. The number of aryl methyl sites for hydroxylation is 1. The molecule has 7 heteroatoms. The van der Waals surface area contributed by atoms with Crippen LogP contribution in [0.15, 0.2) is 24.3 Å². The smallest absolute Gasteiger partial charge is 0.290 e. The molecule has 6 nitrogen and oxygen atoms in total. The van der Waals surface area contributed by atoms with Crippen molar-refractivity contribution in [1.82, 2.24) is 9.80 Å². The summed E-state index contributed by atoms with van der Waals surface area (Å²) in [6.07, 6.45) is 4.62. The van der Waals surface area contributed by atoms with E-state index in [4.69, 9.17) is 14.6 Å². The zero-order valence-electron chi connectivity index (χ0n) is 17.6. The summed E-state index contributed by atoms with van der Waals surface area (Å²) in [5, 5.41) is 6.89. The Labute approximate surface area is 172 Å². The number of rotatable bonds is 6. The second-order valence-corrected chi connectivity index (χ2v) is 8.18. The first-order chi connectivity index (χ1) is 13.9. The van der Waals surface area contributed by atoms with Gasteiger partial charge in [-0.3, -0.25) is 9.59 Å². The number of halogens is 1. The van der Waals surface area contributed by atoms with E-state index in [2.05, 4.69) is 23.9 Å². The summed E-state index contributed by atoms with van der Waals surface area (Å²) in [5.41, 5.74) is 1.09. The third-order valence-corrected chi connectivity index (χ3v) is 6.17. The molecule has 1 aliphatic carbocycles. The van der Waals surface area contributed by atoms with Crippen LogP contribution >= 0.6 is 0 Å². The number of carbonyl (C=O) groups is 2. The van der Waals surface area contributed by atoms with Crippen molar-refractivity contribution in [2.45, 2.75) is 44.2 Å². The van der Waals surface area contributed by atoms with E-state index in [1.165, 1.54) is 12.1 Å². The maximum Gasteiger partial charge on any atom is 0.290 e. The van der Waals surface area contributed by atoms with Crippen molar-refractivity contribution in [1.29, 1.82) is 0 Å². The Balaban J connectivity index is 0.000000941. The predicted molar refractivity (Wildman–Crippen MR) is 109 cm³/mol. The lowest BCUT2D eigenvalue weighted by Crippen LogP contribution is -2.47. The van der Waals surface area contributed by atoms with E-state index in [0.29, 0.717) is 24.3 Å². The Hall–Kier alpha value is -1.99. The van der Waals surface area contributed by atoms with Gasteiger partial charge in [0.05, 0.1) is 6.10 Å². The average molecular weight is 409 g/mol. The summed E-state index contributed by atoms with van der Waals surface area (Å²) in [7, 11) is 6.03. The number of ether oxygens (including phenoxy) is 1. The van der Waals surface area contributed by atoms with Gasteiger partial charge in [-0.2, -0.15) is 0 Å². The number of carbonyl (C=O) groups excluding carboxylic acids is 1. The number of methoxy groups -OCH3 is 1. The van der Waals surface area contributed by atoms with Crippen LogP contribution in [0.4, 0.5) is 4.39 Å². The molecule has 0 bridgehead atoms. The molecule has 2 aliphatic rings. The molecule has 1 aliphatic heterocycles. The van der Waals surface area contributed by atoms with Gasteiger partial charge in [-0.1, -0.05) is 12.1 Å². The van der Waals surface area contributed by atoms with Gasteiger partial charge in [0, 0.05) is 32.7 Å². The predicted octanol–water partition coefficient (Wildman–Crippen LogP) is 2.66. The molecule has 0 aromatic heterocycles. The minimum atomic E-state index is -0.250. The number of hydrogen-bond donors (Lipinski definition) is 1. The molecule has 1 saturated carbocycles. The Morgan fingerprint density at radius 3 is 2.38 bits per heavy atom. The van der Waals surface area contributed by atoms with Crippen molar-refractivity contribution in [2.75, 3.05) is 34.3 Å². The van der Waals surface area contributed by atoms with Crippen LogP contribution in [0.5, 0.6) is 0 Å². The number of likely N-dealkylation sites (tertiary alicyclic amines) is 1. The summed E-state index contributed by atoms with van der Waals surface area (Å²) >= 11 is 0. The fourth-order valence-corrected chi connectivity index (χ4v) is 4.64. The number of likely N-dealkylation sites (N-methyl/N-ethyl adjacent to an activating group) is 1. The van der Waals surface area contributed by atoms with E-state index < -0.39 is 0 Å². The van der Waals surface area contributed by atoms with Crippen molar-refractivity contribution in [3.05, 3.63) is 35.6 Å². The fraction of sp³-hybridized carbons (Fsp3) is 0.636. The standard InChI is InChI=1S/C21H31FN2O2.CH2O2/c1-23(2)19-11-16-13-24(14-17(16)12-20(19)26-3)21(25)6-4-5-15-7-9-18(22)10-8-15;2-1-3/h7-10,16-17,19-20H,4-6,11-14H2,1-3H3;1H,(H,2,3)/t16-,17+,19-,20-;/m1./s1. The van der Waals surface area contributed by atoms with Crippen molar-refractivity contribution < 1.29 is 23.8 Å². The SMILES string of the molecule is CO[C@@H]1C[C@H]2CN(C(=O)CCCc3ccc(F)cc3)C[C@H]2C[C@H]1N(C)C.O=CO. The maximum absolute atomic E-state index is 12.9. The maximum atomic E-state index is 12.9. The van der Waals surface area contributed by atoms with Crippen LogP contribution in [0.3, 0.4) is 0 Å². The lowest BCUT2D eigenvalue weighted by molar-refractivity contribution is -0.130. The first-order valence-electron chi connectivity index (χ1n) is 10.2. The summed E-state index contributed by atoms with van der Waals surface area (Å²) in [5.74, 6) is 1.21. The highest BCUT2D eigenvalue weighted by Crippen LogP contribution is 2.39. The van der Waals surface area contributed by atoms with Gasteiger partial charge in [-0.25, -0.2) is 4.39 Å². The minimum Gasteiger partial charge on any atom is -0.483 e. The zero-order valence-corrected chi connectivity index (χ0v) is 17.6. The number of amides is 1. The molecule has 1 saturated heterocycles. The molecule has 0 spiro atoms. The quantitative estimate of drug-likeness (QED) is 0.733. The summed E-state index contributed by atoms with van der Waals surface area (Å²) in [6, 6.07) is 7.01. The molecule has 0 radical (unpaired) electrons. The van der Waals surface area contributed by atoms with Crippen LogP contribution in [0.2, 0.25) is 0 Å². The van der Waals surface area contributed by atoms with Gasteiger partial charge in [0.2, 0.25) is 5.91 Å². The number of benzene rings is 1. The van der Waals surface area contributed by atoms with Gasteiger partial charge in [-0.15, -0.1) is 0 Å². The van der Waals surface area contributed by atoms with Crippen LogP contribution in [0.1, 0.15) is 31.2 Å². The summed E-state index contributed by atoms with van der Waals surface area (Å²) in [6.45, 7) is 1.51. The molecule has 4 atom stereocenters. The van der Waals surface area contributed by atoms with Crippen LogP contribution in [0, 0.1) is 17.7 Å². The minimum absolute atomic E-state index is 0.213. The zero-order chi connectivity index (χ0) is 21.4. The molecule has 3 rings (SSSR count). The third kappa shape index (κ3) is 6.51. The normalized spacial score (nSPS) is 25.9. The van der Waals surface area contributed by atoms with E-state index in [1.807, 2.05) is 0 Å². The van der Waals surface area contributed by atoms with E-state index in [1.54, 1.807) is 19.2 Å². The van der Waals surface area contributed by atoms with Crippen LogP contribution < -0.4 is 0 Å². The summed E-state index contributed by atoms with van der Waals surface area (Å²) < 4.78 is 18.7. The van der Waals surface area contributed by atoms with Crippen LogP contribution in [0.25, 0.3) is 0 Å². The van der Waals surface area contributed by atoms with Crippen molar-refractivity contribution in [3.8, 4) is 0 Å². The topological polar surface area (TPSA) is 70.1 Å². The monoisotopic (exact) mass is 408 g/mol. The lowest BCUT2D eigenvalue weighted by Gasteiger charge is -2.40. The first-order valence-corrected chi connectivity index (χ1v) is 10.2. The second kappa shape index (κ2) is 11.3. The largest absolute Gasteiger partial charge is 0.483 e. The highest BCUT2D eigenvalue weighted by molar-refractivity contribution is 5.76. The number of nitrogens with zero attached hydrogens (tertiary/aromatic N) is 2. The van der Waals surface area contributed by atoms with E-state index in [0.717, 1.165) is 44.3 Å². The fourth-order valence-electron chi connectivity index (χ4n) is 4.64. The molecule has 1 amide bonds. The van der Waals surface area contributed by atoms with Crippen LogP contribution in [-0.4, -0.2) is 73.7 Å².